The summed E-state index contributed by atoms with van der Waals surface area (Å²) in [7, 11) is 0. The zero-order valence-corrected chi connectivity index (χ0v) is 7.17. The fourth-order valence-electron chi connectivity index (χ4n) is 0.445. The van der Waals surface area contributed by atoms with E-state index < -0.39 is 5.50 Å². The summed E-state index contributed by atoms with van der Waals surface area (Å²) in [5.74, 6) is 0. The van der Waals surface area contributed by atoms with Crippen molar-refractivity contribution in [3.63, 3.8) is 0 Å². The van der Waals surface area contributed by atoms with Crippen LogP contribution in [0.5, 0.6) is 0 Å². The smallest absolute Gasteiger partial charge is 0.145 e. The van der Waals surface area contributed by atoms with E-state index in [9.17, 15) is 4.39 Å². The summed E-state index contributed by atoms with van der Waals surface area (Å²) in [6.07, 6.45) is 1.69. The van der Waals surface area contributed by atoms with Crippen LogP contribution in [0.1, 0.15) is 33.6 Å². The van der Waals surface area contributed by atoms with E-state index in [0.717, 1.165) is 6.42 Å². The zero-order chi connectivity index (χ0) is 7.28. The SMILES string of the molecule is CCC(C)SC(F)CC. The van der Waals surface area contributed by atoms with Gasteiger partial charge in [-0.05, 0) is 12.8 Å². The van der Waals surface area contributed by atoms with Crippen LogP contribution >= 0.6 is 11.8 Å². The average Bonchev–Trinajstić information content (AvgIpc) is 1.87. The van der Waals surface area contributed by atoms with Gasteiger partial charge in [0.15, 0.2) is 0 Å². The summed E-state index contributed by atoms with van der Waals surface area (Å²) in [5.41, 5.74) is -0.653. The van der Waals surface area contributed by atoms with Gasteiger partial charge < -0.3 is 0 Å². The van der Waals surface area contributed by atoms with Crippen molar-refractivity contribution >= 4 is 11.8 Å². The fourth-order valence-corrected chi connectivity index (χ4v) is 1.33. The van der Waals surface area contributed by atoms with Gasteiger partial charge in [0.1, 0.15) is 5.50 Å². The van der Waals surface area contributed by atoms with Crippen LogP contribution in [0, 0.1) is 0 Å². The predicted molar refractivity (Wildman–Crippen MR) is 42.5 cm³/mol. The molecule has 0 bridgehead atoms. The molecule has 0 nitrogen and oxygen atoms in total. The molecule has 0 rings (SSSR count). The Kier molecular flexibility index (Phi) is 5.25. The van der Waals surface area contributed by atoms with Crippen LogP contribution in [0.4, 0.5) is 4.39 Å². The molecular formula is C7H15FS. The van der Waals surface area contributed by atoms with Crippen molar-refractivity contribution < 1.29 is 4.39 Å². The second kappa shape index (κ2) is 5.10. The van der Waals surface area contributed by atoms with Crippen LogP contribution in [-0.2, 0) is 0 Å². The van der Waals surface area contributed by atoms with E-state index in [4.69, 9.17) is 0 Å². The maximum Gasteiger partial charge on any atom is 0.145 e. The lowest BCUT2D eigenvalue weighted by molar-refractivity contribution is 0.441. The monoisotopic (exact) mass is 150 g/mol. The Morgan fingerprint density at radius 1 is 1.33 bits per heavy atom. The van der Waals surface area contributed by atoms with Crippen molar-refractivity contribution in [3.8, 4) is 0 Å². The molecule has 0 saturated carbocycles. The van der Waals surface area contributed by atoms with Crippen LogP contribution in [0.15, 0.2) is 0 Å². The summed E-state index contributed by atoms with van der Waals surface area (Å²) < 4.78 is 12.5. The fraction of sp³-hybridized carbons (Fsp3) is 1.00. The minimum atomic E-state index is -0.653. The van der Waals surface area contributed by atoms with Crippen molar-refractivity contribution in [1.29, 1.82) is 0 Å². The molecule has 0 amide bonds. The lowest BCUT2D eigenvalue weighted by atomic mass is 10.4. The highest BCUT2D eigenvalue weighted by Crippen LogP contribution is 2.22. The normalized spacial score (nSPS) is 17.3. The van der Waals surface area contributed by atoms with Crippen LogP contribution in [-0.4, -0.2) is 10.8 Å². The van der Waals surface area contributed by atoms with E-state index in [2.05, 4.69) is 13.8 Å². The lowest BCUT2D eigenvalue weighted by Gasteiger charge is -2.09. The first-order chi connectivity index (χ1) is 4.20. The first kappa shape index (κ1) is 9.28. The Balaban J connectivity index is 3.22. The quantitative estimate of drug-likeness (QED) is 0.593. The van der Waals surface area contributed by atoms with Crippen LogP contribution in [0.25, 0.3) is 0 Å². The number of hydrogen-bond acceptors (Lipinski definition) is 1. The van der Waals surface area contributed by atoms with E-state index >= 15 is 0 Å². The summed E-state index contributed by atoms with van der Waals surface area (Å²) in [4.78, 5) is 0. The summed E-state index contributed by atoms with van der Waals surface area (Å²) in [6, 6.07) is 0. The zero-order valence-electron chi connectivity index (χ0n) is 6.36. The maximum absolute atomic E-state index is 12.5. The van der Waals surface area contributed by atoms with Gasteiger partial charge in [0.25, 0.3) is 0 Å². The summed E-state index contributed by atoms with van der Waals surface area (Å²) in [5, 5.41) is 0.472. The molecule has 0 fully saturated rings. The third kappa shape index (κ3) is 4.76. The molecular weight excluding hydrogens is 135 g/mol. The molecule has 0 aliphatic carbocycles. The van der Waals surface area contributed by atoms with Gasteiger partial charge in [0.2, 0.25) is 0 Å². The van der Waals surface area contributed by atoms with Gasteiger partial charge in [-0.3, -0.25) is 0 Å². The van der Waals surface area contributed by atoms with Crippen molar-refractivity contribution in [2.24, 2.45) is 0 Å². The Labute approximate surface area is 61.2 Å². The van der Waals surface area contributed by atoms with Crippen molar-refractivity contribution in [2.45, 2.75) is 44.4 Å². The molecule has 0 spiro atoms. The van der Waals surface area contributed by atoms with Gasteiger partial charge in [0.05, 0.1) is 0 Å². The molecule has 0 aromatic heterocycles. The van der Waals surface area contributed by atoms with E-state index in [1.807, 2.05) is 6.92 Å². The first-order valence-corrected chi connectivity index (χ1v) is 4.44. The first-order valence-electron chi connectivity index (χ1n) is 3.50. The lowest BCUT2D eigenvalue weighted by Crippen LogP contribution is -2.00. The number of hydrogen-bond donors (Lipinski definition) is 0. The second-order valence-corrected chi connectivity index (χ2v) is 3.76. The highest BCUT2D eigenvalue weighted by molar-refractivity contribution is 8.00. The van der Waals surface area contributed by atoms with E-state index in [1.165, 1.54) is 11.8 Å². The minimum Gasteiger partial charge on any atom is -0.236 e. The van der Waals surface area contributed by atoms with E-state index in [-0.39, 0.29) is 0 Å². The van der Waals surface area contributed by atoms with Gasteiger partial charge in [-0.15, -0.1) is 11.8 Å². The van der Waals surface area contributed by atoms with Crippen LogP contribution in [0.2, 0.25) is 0 Å². The molecule has 0 N–H and O–H groups in total. The second-order valence-electron chi connectivity index (χ2n) is 2.17. The molecule has 0 aromatic rings. The largest absolute Gasteiger partial charge is 0.236 e. The topological polar surface area (TPSA) is 0 Å². The molecule has 2 heteroatoms. The molecule has 0 saturated heterocycles. The third-order valence-corrected chi connectivity index (χ3v) is 2.70. The standard InChI is InChI=1S/C7H15FS/c1-4-6(3)9-7(8)5-2/h6-7H,4-5H2,1-3H3. The molecule has 0 heterocycles. The molecule has 56 valence electrons. The molecule has 0 aliphatic rings. The van der Waals surface area contributed by atoms with Crippen molar-refractivity contribution in [2.75, 3.05) is 0 Å². The number of thioether (sulfide) groups is 1. The Morgan fingerprint density at radius 3 is 2.22 bits per heavy atom. The molecule has 2 atom stereocenters. The van der Waals surface area contributed by atoms with Crippen molar-refractivity contribution in [1.82, 2.24) is 0 Å². The van der Waals surface area contributed by atoms with Gasteiger partial charge in [0, 0.05) is 5.25 Å². The Morgan fingerprint density at radius 2 is 1.89 bits per heavy atom. The molecule has 9 heavy (non-hydrogen) atoms. The van der Waals surface area contributed by atoms with Gasteiger partial charge in [-0.2, -0.15) is 0 Å². The maximum atomic E-state index is 12.5. The Bertz CT molecular complexity index is 57.9. The molecule has 0 aromatic carbocycles. The highest BCUT2D eigenvalue weighted by atomic mass is 32.2. The van der Waals surface area contributed by atoms with Crippen LogP contribution in [0.3, 0.4) is 0 Å². The van der Waals surface area contributed by atoms with Gasteiger partial charge in [-0.1, -0.05) is 20.8 Å². The number of halogens is 1. The van der Waals surface area contributed by atoms with Crippen LogP contribution < -0.4 is 0 Å². The predicted octanol–water partition coefficient (Wildman–Crippen LogP) is 3.22. The van der Waals surface area contributed by atoms with E-state index in [1.54, 1.807) is 0 Å². The number of rotatable bonds is 4. The summed E-state index contributed by atoms with van der Waals surface area (Å²) in [6.45, 7) is 6.02. The number of alkyl halides is 1. The third-order valence-electron chi connectivity index (χ3n) is 1.28. The molecule has 0 radical (unpaired) electrons. The van der Waals surface area contributed by atoms with Gasteiger partial charge in [-0.25, -0.2) is 4.39 Å². The minimum absolute atomic E-state index is 0.472. The van der Waals surface area contributed by atoms with Gasteiger partial charge >= 0.3 is 0 Å². The molecule has 0 aliphatic heterocycles. The average molecular weight is 150 g/mol. The highest BCUT2D eigenvalue weighted by Gasteiger charge is 2.07. The molecule has 2 unspecified atom stereocenters. The Hall–Kier alpha value is 0.280. The summed E-state index contributed by atoms with van der Waals surface area (Å²) >= 11 is 1.43. The van der Waals surface area contributed by atoms with E-state index in [0.29, 0.717) is 11.7 Å². The van der Waals surface area contributed by atoms with Crippen molar-refractivity contribution in [3.05, 3.63) is 0 Å².